The summed E-state index contributed by atoms with van der Waals surface area (Å²) < 4.78 is 15.4. The van der Waals surface area contributed by atoms with Crippen molar-refractivity contribution in [3.8, 4) is 11.4 Å². The molecule has 0 fully saturated rings. The zero-order chi connectivity index (χ0) is 22.1. The highest BCUT2D eigenvalue weighted by Crippen LogP contribution is 2.39. The van der Waals surface area contributed by atoms with Gasteiger partial charge in [-0.2, -0.15) is 0 Å². The fourth-order valence-corrected chi connectivity index (χ4v) is 4.75. The zero-order valence-corrected chi connectivity index (χ0v) is 18.0. The molecule has 0 radical (unpaired) electrons. The summed E-state index contributed by atoms with van der Waals surface area (Å²) in [7, 11) is 0. The maximum atomic E-state index is 13.6. The van der Waals surface area contributed by atoms with Crippen LogP contribution in [0.2, 0.25) is 0 Å². The lowest BCUT2D eigenvalue weighted by atomic mass is 10.0. The lowest BCUT2D eigenvalue weighted by Crippen LogP contribution is -2.41. The lowest BCUT2D eigenvalue weighted by molar-refractivity contribution is -0.116. The van der Waals surface area contributed by atoms with E-state index in [1.807, 2.05) is 61.5 Å². The van der Waals surface area contributed by atoms with E-state index in [9.17, 15) is 9.18 Å². The van der Waals surface area contributed by atoms with E-state index in [0.29, 0.717) is 11.0 Å². The van der Waals surface area contributed by atoms with Crippen molar-refractivity contribution in [1.29, 1.82) is 0 Å². The Morgan fingerprint density at radius 1 is 1.00 bits per heavy atom. The monoisotopic (exact) mass is 445 g/mol. The summed E-state index contributed by atoms with van der Waals surface area (Å²) in [6.07, 6.45) is 0. The molecule has 5 rings (SSSR count). The summed E-state index contributed by atoms with van der Waals surface area (Å²) in [5.41, 5.74) is 6.83. The van der Waals surface area contributed by atoms with Crippen LogP contribution in [0.15, 0.2) is 84.0 Å². The Balaban J connectivity index is 1.52. The minimum atomic E-state index is -0.541. The second-order valence-electron chi connectivity index (χ2n) is 7.51. The van der Waals surface area contributed by atoms with Gasteiger partial charge in [-0.05, 0) is 36.2 Å². The maximum Gasteiger partial charge on any atom is 0.240 e. The van der Waals surface area contributed by atoms with Gasteiger partial charge in [-0.1, -0.05) is 72.4 Å². The van der Waals surface area contributed by atoms with Crippen LogP contribution in [-0.4, -0.2) is 26.0 Å². The molecule has 0 unspecified atom stereocenters. The molecule has 0 saturated carbocycles. The molecule has 160 valence electrons. The molecule has 0 saturated heterocycles. The van der Waals surface area contributed by atoms with E-state index in [0.717, 1.165) is 22.4 Å². The van der Waals surface area contributed by atoms with Crippen LogP contribution in [0.3, 0.4) is 0 Å². The number of hydrogen-bond acceptors (Lipinski definition) is 5. The Bertz CT molecular complexity index is 1260. The van der Waals surface area contributed by atoms with Gasteiger partial charge in [-0.15, -0.1) is 10.2 Å². The summed E-state index contributed by atoms with van der Waals surface area (Å²) in [6.45, 7) is 1.95. The number of amides is 1. The molecule has 3 aromatic carbocycles. The fourth-order valence-electron chi connectivity index (χ4n) is 3.67. The van der Waals surface area contributed by atoms with Gasteiger partial charge < -0.3 is 10.7 Å². The van der Waals surface area contributed by atoms with Gasteiger partial charge in [-0.25, -0.2) is 9.07 Å². The van der Waals surface area contributed by atoms with Gasteiger partial charge in [0.25, 0.3) is 0 Å². The number of nitrogens with zero attached hydrogens (tertiary/aromatic N) is 3. The quantitative estimate of drug-likeness (QED) is 0.473. The highest BCUT2D eigenvalue weighted by molar-refractivity contribution is 8.00. The minimum Gasteiger partial charge on any atom is -0.325 e. The minimum absolute atomic E-state index is 0.165. The zero-order valence-electron chi connectivity index (χ0n) is 17.2. The molecule has 2 atom stereocenters. The molecule has 4 aromatic rings. The number of rotatable bonds is 4. The Morgan fingerprint density at radius 2 is 1.72 bits per heavy atom. The van der Waals surface area contributed by atoms with Crippen LogP contribution in [0, 0.1) is 12.7 Å². The molecule has 8 heteroatoms. The van der Waals surface area contributed by atoms with E-state index in [-0.39, 0.29) is 11.7 Å². The van der Waals surface area contributed by atoms with Crippen LogP contribution in [0.4, 0.5) is 10.1 Å². The molecule has 0 aliphatic carbocycles. The first kappa shape index (κ1) is 20.3. The lowest BCUT2D eigenvalue weighted by Gasteiger charge is -2.33. The third-order valence-electron chi connectivity index (χ3n) is 5.36. The van der Waals surface area contributed by atoms with Crippen molar-refractivity contribution in [2.75, 3.05) is 10.7 Å². The normalized spacial score (nSPS) is 17.3. The number of halogens is 1. The van der Waals surface area contributed by atoms with Crippen molar-refractivity contribution in [2.45, 2.75) is 23.4 Å². The van der Waals surface area contributed by atoms with Crippen molar-refractivity contribution < 1.29 is 9.18 Å². The largest absolute Gasteiger partial charge is 0.325 e. The van der Waals surface area contributed by atoms with Crippen LogP contribution >= 0.6 is 11.8 Å². The first-order valence-electron chi connectivity index (χ1n) is 10.2. The third kappa shape index (κ3) is 3.85. The van der Waals surface area contributed by atoms with E-state index in [1.165, 1.54) is 23.9 Å². The predicted octanol–water partition coefficient (Wildman–Crippen LogP) is 4.79. The van der Waals surface area contributed by atoms with Crippen molar-refractivity contribution in [2.24, 2.45) is 0 Å². The molecular weight excluding hydrogens is 425 g/mol. The van der Waals surface area contributed by atoms with E-state index in [4.69, 9.17) is 0 Å². The van der Waals surface area contributed by atoms with Crippen molar-refractivity contribution >= 4 is 23.4 Å². The number of anilines is 1. The van der Waals surface area contributed by atoms with Gasteiger partial charge in [0.05, 0.1) is 6.04 Å². The number of para-hydroxylation sites is 1. The van der Waals surface area contributed by atoms with Crippen LogP contribution in [0.1, 0.15) is 17.2 Å². The van der Waals surface area contributed by atoms with Gasteiger partial charge in [0.15, 0.2) is 5.82 Å². The highest BCUT2D eigenvalue weighted by atomic mass is 32.2. The Morgan fingerprint density at radius 3 is 2.47 bits per heavy atom. The van der Waals surface area contributed by atoms with E-state index in [1.54, 1.807) is 16.8 Å². The smallest absolute Gasteiger partial charge is 0.240 e. The predicted molar refractivity (Wildman–Crippen MR) is 123 cm³/mol. The number of fused-ring (bicyclic) bond motifs is 1. The van der Waals surface area contributed by atoms with Gasteiger partial charge in [0.1, 0.15) is 11.1 Å². The number of benzene rings is 3. The molecule has 0 spiro atoms. The topological polar surface area (TPSA) is 71.8 Å². The average Bonchev–Trinajstić information content (AvgIpc) is 3.24. The van der Waals surface area contributed by atoms with Crippen LogP contribution in [0.5, 0.6) is 0 Å². The van der Waals surface area contributed by atoms with Crippen LogP contribution in [0.25, 0.3) is 11.4 Å². The number of aryl methyl sites for hydroxylation is 1. The number of carbonyl (C=O) groups excluding carboxylic acids is 1. The number of thioether (sulfide) groups is 1. The number of hydrogen-bond donors (Lipinski definition) is 2. The van der Waals surface area contributed by atoms with Crippen molar-refractivity contribution in [1.82, 2.24) is 14.9 Å². The number of aromatic nitrogens is 3. The fraction of sp³-hybridized carbons (Fsp3) is 0.125. The molecular formula is C24H20FN5OS. The van der Waals surface area contributed by atoms with E-state index >= 15 is 0 Å². The van der Waals surface area contributed by atoms with Crippen LogP contribution in [-0.2, 0) is 4.79 Å². The average molecular weight is 446 g/mol. The third-order valence-corrected chi connectivity index (χ3v) is 6.57. The summed E-state index contributed by atoms with van der Waals surface area (Å²) in [6, 6.07) is 23.1. The molecule has 2 heterocycles. The Kier molecular flexibility index (Phi) is 5.36. The van der Waals surface area contributed by atoms with Crippen molar-refractivity contribution in [3.63, 3.8) is 0 Å². The van der Waals surface area contributed by atoms with Gasteiger partial charge in [0.2, 0.25) is 11.1 Å². The standard InChI is InChI=1S/C24H20FN5OS/c1-15-7-5-6-10-19(15)26-23(31)21-20(16-11-13-18(25)14-12-16)29-30-22(27-28-24(30)32-21)17-8-3-2-4-9-17/h2-14,20-21,29H,1H3,(H,26,31)/t20-,21+/m1/s1. The van der Waals surface area contributed by atoms with Gasteiger partial charge in [0, 0.05) is 11.3 Å². The molecule has 2 N–H and O–H groups in total. The number of carbonyl (C=O) groups is 1. The molecule has 32 heavy (non-hydrogen) atoms. The Labute approximate surface area is 188 Å². The van der Waals surface area contributed by atoms with Gasteiger partial charge >= 0.3 is 0 Å². The first-order chi connectivity index (χ1) is 15.6. The molecule has 1 aromatic heterocycles. The summed E-state index contributed by atoms with van der Waals surface area (Å²) >= 11 is 1.33. The van der Waals surface area contributed by atoms with Crippen molar-refractivity contribution in [3.05, 3.63) is 95.8 Å². The molecule has 0 bridgehead atoms. The SMILES string of the molecule is Cc1ccccc1NC(=O)[C@H]1Sc2nnc(-c3ccccc3)n2N[C@@H]1c1ccc(F)cc1. The molecule has 1 aliphatic rings. The van der Waals surface area contributed by atoms with E-state index < -0.39 is 11.3 Å². The summed E-state index contributed by atoms with van der Waals surface area (Å²) in [5.74, 6) is 0.160. The van der Waals surface area contributed by atoms with E-state index in [2.05, 4.69) is 20.9 Å². The highest BCUT2D eigenvalue weighted by Gasteiger charge is 2.38. The molecule has 1 aliphatic heterocycles. The Hall–Kier alpha value is -3.65. The van der Waals surface area contributed by atoms with Gasteiger partial charge in [-0.3, -0.25) is 4.79 Å². The molecule has 6 nitrogen and oxygen atoms in total. The second kappa shape index (κ2) is 8.47. The first-order valence-corrected chi connectivity index (χ1v) is 11.0. The number of nitrogens with one attached hydrogen (secondary N) is 2. The van der Waals surface area contributed by atoms with Crippen LogP contribution < -0.4 is 10.7 Å². The second-order valence-corrected chi connectivity index (χ2v) is 8.62. The summed E-state index contributed by atoms with van der Waals surface area (Å²) in [5, 5.41) is 11.7. The summed E-state index contributed by atoms with van der Waals surface area (Å²) in [4.78, 5) is 13.4. The molecule has 1 amide bonds. The maximum absolute atomic E-state index is 13.6.